The molecule has 2 fully saturated rings. The number of aromatic carboxylic acids is 1. The molecule has 1 unspecified atom stereocenters. The summed E-state index contributed by atoms with van der Waals surface area (Å²) in [6.07, 6.45) is 5.60. The van der Waals surface area contributed by atoms with Crippen molar-refractivity contribution in [3.63, 3.8) is 0 Å². The molecule has 1 N–H and O–H groups in total. The number of nitrogens with zero attached hydrogens (tertiary/aromatic N) is 2. The average Bonchev–Trinajstić information content (AvgIpc) is 3.41. The number of rotatable bonds is 8. The summed E-state index contributed by atoms with van der Waals surface area (Å²) in [5.41, 5.74) is 0.876. The molecule has 10 heteroatoms. The fourth-order valence-electron chi connectivity index (χ4n) is 4.81. The minimum atomic E-state index is -2.99. The average molecular weight is 513 g/mol. The molecule has 1 aliphatic carbocycles. The number of carboxylic acid groups (broad SMARTS) is 1. The highest BCUT2D eigenvalue weighted by Gasteiger charge is 2.40. The van der Waals surface area contributed by atoms with Crippen LogP contribution in [0.5, 0.6) is 11.5 Å². The predicted molar refractivity (Wildman–Crippen MR) is 129 cm³/mol. The molecule has 0 radical (unpaired) electrons. The number of aromatic nitrogens is 1. The van der Waals surface area contributed by atoms with Gasteiger partial charge in [-0.1, -0.05) is 12.1 Å². The minimum Gasteiger partial charge on any atom is -0.489 e. The highest BCUT2D eigenvalue weighted by Crippen LogP contribution is 2.39. The lowest BCUT2D eigenvalue weighted by Gasteiger charge is -2.22. The van der Waals surface area contributed by atoms with Crippen molar-refractivity contribution in [3.8, 4) is 11.5 Å². The Bertz CT molecular complexity index is 1370. The minimum absolute atomic E-state index is 0.0480. The van der Waals surface area contributed by atoms with Crippen LogP contribution in [0.4, 0.5) is 8.78 Å². The molecule has 1 aromatic heterocycles. The van der Waals surface area contributed by atoms with Crippen molar-refractivity contribution in [1.82, 2.24) is 9.47 Å². The van der Waals surface area contributed by atoms with Crippen LogP contribution in [0.25, 0.3) is 10.8 Å². The van der Waals surface area contributed by atoms with Gasteiger partial charge >= 0.3 is 12.6 Å². The maximum atomic E-state index is 13.5. The molecule has 1 amide bonds. The van der Waals surface area contributed by atoms with Gasteiger partial charge in [-0.15, -0.1) is 0 Å². The largest absolute Gasteiger partial charge is 0.489 e. The molecule has 2 aromatic carbocycles. The first kappa shape index (κ1) is 24.7. The molecule has 5 rings (SSSR count). The molecule has 3 aromatic rings. The van der Waals surface area contributed by atoms with E-state index in [1.165, 1.54) is 34.6 Å². The summed E-state index contributed by atoms with van der Waals surface area (Å²) in [6.45, 7) is -0.886. The zero-order chi connectivity index (χ0) is 26.3. The summed E-state index contributed by atoms with van der Waals surface area (Å²) in [5, 5.41) is 10.5. The summed E-state index contributed by atoms with van der Waals surface area (Å²) >= 11 is 0. The maximum Gasteiger partial charge on any atom is 0.387 e. The quantitative estimate of drug-likeness (QED) is 0.467. The Morgan fingerprint density at radius 2 is 1.81 bits per heavy atom. The molecule has 1 aliphatic heterocycles. The van der Waals surface area contributed by atoms with Crippen LogP contribution in [0.1, 0.15) is 52.8 Å². The number of fused-ring (bicyclic) bond motifs is 1. The second-order valence-electron chi connectivity index (χ2n) is 9.61. The Morgan fingerprint density at radius 3 is 2.49 bits per heavy atom. The Morgan fingerprint density at radius 1 is 1.05 bits per heavy atom. The highest BCUT2D eigenvalue weighted by molar-refractivity contribution is 5.97. The molecule has 2 atom stereocenters. The van der Waals surface area contributed by atoms with E-state index in [9.17, 15) is 28.3 Å². The lowest BCUT2D eigenvalue weighted by atomic mass is 9.95. The standard InChI is InChI=1S/C27H26F2N2O6/c1-15(32)31-13-21(17-6-7-23(37-27(28)29)24(10-17)36-14-16-2-3-16)9-22(31)25(33)30-11-19-5-4-18(26(34)35)8-20(19)12-30/h4-8,10-12,16,21-22,27H,2-3,9,13-14H2,1H3,(H,34,35)/t21?,22-/m1/s1. The molecule has 1 saturated carbocycles. The molecule has 1 saturated heterocycles. The van der Waals surface area contributed by atoms with E-state index in [-0.39, 0.29) is 41.3 Å². The van der Waals surface area contributed by atoms with E-state index in [0.29, 0.717) is 29.7 Å². The number of alkyl halides is 2. The number of benzene rings is 2. The van der Waals surface area contributed by atoms with Gasteiger partial charge in [-0.3, -0.25) is 14.2 Å². The van der Waals surface area contributed by atoms with Crippen LogP contribution in [-0.4, -0.2) is 58.2 Å². The van der Waals surface area contributed by atoms with Gasteiger partial charge in [-0.2, -0.15) is 8.78 Å². The van der Waals surface area contributed by atoms with Gasteiger partial charge in [0.2, 0.25) is 5.91 Å². The molecular formula is C27H26F2N2O6. The van der Waals surface area contributed by atoms with E-state index >= 15 is 0 Å². The van der Waals surface area contributed by atoms with E-state index in [0.717, 1.165) is 18.4 Å². The molecule has 8 nitrogen and oxygen atoms in total. The van der Waals surface area contributed by atoms with Crippen molar-refractivity contribution in [3.05, 3.63) is 59.9 Å². The van der Waals surface area contributed by atoms with Crippen LogP contribution in [0.15, 0.2) is 48.8 Å². The van der Waals surface area contributed by atoms with Crippen molar-refractivity contribution in [2.24, 2.45) is 5.92 Å². The van der Waals surface area contributed by atoms with Crippen molar-refractivity contribution in [2.45, 2.75) is 44.8 Å². The van der Waals surface area contributed by atoms with E-state index < -0.39 is 18.6 Å². The number of carbonyl (C=O) groups excluding carboxylic acids is 2. The van der Waals surface area contributed by atoms with Gasteiger partial charge in [0.05, 0.1) is 12.2 Å². The molecular weight excluding hydrogens is 486 g/mol. The van der Waals surface area contributed by atoms with Crippen LogP contribution in [-0.2, 0) is 4.79 Å². The number of likely N-dealkylation sites (tertiary alicyclic amines) is 1. The van der Waals surface area contributed by atoms with Crippen LogP contribution < -0.4 is 9.47 Å². The summed E-state index contributed by atoms with van der Waals surface area (Å²) in [6, 6.07) is 8.62. The van der Waals surface area contributed by atoms with Gasteiger partial charge in [0.15, 0.2) is 11.5 Å². The van der Waals surface area contributed by atoms with Crippen LogP contribution in [0.2, 0.25) is 0 Å². The van der Waals surface area contributed by atoms with Crippen LogP contribution in [0, 0.1) is 5.92 Å². The first-order valence-electron chi connectivity index (χ1n) is 12.1. The fraction of sp³-hybridized carbons (Fsp3) is 0.370. The summed E-state index contributed by atoms with van der Waals surface area (Å²) in [4.78, 5) is 38.7. The number of halogens is 2. The molecule has 194 valence electrons. The Hall–Kier alpha value is -3.95. The molecule has 0 bridgehead atoms. The fourth-order valence-corrected chi connectivity index (χ4v) is 4.81. The third kappa shape index (κ3) is 5.28. The number of ether oxygens (including phenoxy) is 2. The van der Waals surface area contributed by atoms with Crippen molar-refractivity contribution < 1.29 is 37.7 Å². The van der Waals surface area contributed by atoms with Crippen molar-refractivity contribution in [2.75, 3.05) is 13.2 Å². The normalized spacial score (nSPS) is 19.4. The maximum absolute atomic E-state index is 13.5. The molecule has 0 spiro atoms. The van der Waals surface area contributed by atoms with Gasteiger partial charge in [-0.05, 0) is 60.4 Å². The lowest BCUT2D eigenvalue weighted by molar-refractivity contribution is -0.129. The number of carbonyl (C=O) groups is 3. The zero-order valence-corrected chi connectivity index (χ0v) is 20.1. The first-order chi connectivity index (χ1) is 17.7. The monoisotopic (exact) mass is 512 g/mol. The van der Waals surface area contributed by atoms with Crippen LogP contribution in [0.3, 0.4) is 0 Å². The van der Waals surface area contributed by atoms with E-state index in [1.807, 2.05) is 0 Å². The Labute approximate surface area is 211 Å². The van der Waals surface area contributed by atoms with Crippen LogP contribution >= 0.6 is 0 Å². The summed E-state index contributed by atoms with van der Waals surface area (Å²) in [7, 11) is 0. The van der Waals surface area contributed by atoms with Crippen molar-refractivity contribution in [1.29, 1.82) is 0 Å². The van der Waals surface area contributed by atoms with E-state index in [2.05, 4.69) is 4.74 Å². The SMILES string of the molecule is CC(=O)N1CC(c2ccc(OC(F)F)c(OCC3CC3)c2)C[C@@H]1C(=O)n1cc2ccc(C(=O)O)cc2c1. The Balaban J connectivity index is 1.40. The van der Waals surface area contributed by atoms with E-state index in [1.54, 1.807) is 30.6 Å². The number of hydrogen-bond donors (Lipinski definition) is 1. The molecule has 37 heavy (non-hydrogen) atoms. The number of carboxylic acids is 1. The predicted octanol–water partition coefficient (Wildman–Crippen LogP) is 4.77. The van der Waals surface area contributed by atoms with Gasteiger partial charge in [0.1, 0.15) is 6.04 Å². The number of amides is 1. The number of hydrogen-bond acceptors (Lipinski definition) is 5. The smallest absolute Gasteiger partial charge is 0.387 e. The zero-order valence-electron chi connectivity index (χ0n) is 20.1. The van der Waals surface area contributed by atoms with Gasteiger partial charge < -0.3 is 19.5 Å². The van der Waals surface area contributed by atoms with Crippen molar-refractivity contribution >= 4 is 28.6 Å². The molecule has 2 aliphatic rings. The summed E-state index contributed by atoms with van der Waals surface area (Å²) < 4.78 is 37.6. The van der Waals surface area contributed by atoms with Gasteiger partial charge in [-0.25, -0.2) is 4.79 Å². The van der Waals surface area contributed by atoms with E-state index in [4.69, 9.17) is 4.74 Å². The first-order valence-corrected chi connectivity index (χ1v) is 12.1. The second-order valence-corrected chi connectivity index (χ2v) is 9.61. The highest BCUT2D eigenvalue weighted by atomic mass is 19.3. The summed E-state index contributed by atoms with van der Waals surface area (Å²) in [5.74, 6) is -1.26. The second kappa shape index (κ2) is 9.84. The topological polar surface area (TPSA) is 98.1 Å². The third-order valence-electron chi connectivity index (χ3n) is 6.96. The molecule has 2 heterocycles. The lowest BCUT2D eigenvalue weighted by Crippen LogP contribution is -2.41. The third-order valence-corrected chi connectivity index (χ3v) is 6.96. The Kier molecular flexibility index (Phi) is 6.57. The van der Waals surface area contributed by atoms with Gasteiger partial charge in [0, 0.05) is 37.2 Å². The van der Waals surface area contributed by atoms with Gasteiger partial charge in [0.25, 0.3) is 5.91 Å².